The van der Waals surface area contributed by atoms with Crippen molar-refractivity contribution >= 4 is 5.78 Å². The van der Waals surface area contributed by atoms with Gasteiger partial charge in [-0.2, -0.15) is 0 Å². The van der Waals surface area contributed by atoms with E-state index in [1.165, 1.54) is 19.2 Å². The molecule has 2 aromatic carbocycles. The number of aliphatic hydroxyl groups is 1. The highest BCUT2D eigenvalue weighted by Gasteiger charge is 2.39. The number of methoxy groups -OCH3 is 2. The summed E-state index contributed by atoms with van der Waals surface area (Å²) in [6, 6.07) is 9.68. The molecule has 6 nitrogen and oxygen atoms in total. The number of aromatic hydroxyl groups is 1. The van der Waals surface area contributed by atoms with Crippen LogP contribution < -0.4 is 14.2 Å². The summed E-state index contributed by atoms with van der Waals surface area (Å²) in [6.45, 7) is 0. The molecule has 0 saturated carbocycles. The summed E-state index contributed by atoms with van der Waals surface area (Å²) < 4.78 is 15.9. The third-order valence-corrected chi connectivity index (χ3v) is 3.79. The van der Waals surface area contributed by atoms with Gasteiger partial charge in [-0.3, -0.25) is 4.79 Å². The van der Waals surface area contributed by atoms with Gasteiger partial charge in [-0.05, 0) is 17.7 Å². The summed E-state index contributed by atoms with van der Waals surface area (Å²) in [7, 11) is 3.00. The van der Waals surface area contributed by atoms with Gasteiger partial charge in [0.2, 0.25) is 5.78 Å². The van der Waals surface area contributed by atoms with E-state index in [2.05, 4.69) is 0 Å². The molecule has 2 aromatic rings. The molecule has 120 valence electrons. The molecule has 0 fully saturated rings. The minimum atomic E-state index is -1.41. The highest BCUT2D eigenvalue weighted by atomic mass is 16.5. The molecule has 0 radical (unpaired) electrons. The second-order valence-corrected chi connectivity index (χ2v) is 5.14. The third-order valence-electron chi connectivity index (χ3n) is 3.79. The van der Waals surface area contributed by atoms with Crippen LogP contribution in [0.3, 0.4) is 0 Å². The number of fused-ring (bicyclic) bond motifs is 1. The van der Waals surface area contributed by atoms with Crippen LogP contribution in [0.2, 0.25) is 0 Å². The Morgan fingerprint density at radius 3 is 2.30 bits per heavy atom. The summed E-state index contributed by atoms with van der Waals surface area (Å²) in [6.07, 6.45) is -2.28. The Kier molecular flexibility index (Phi) is 3.83. The van der Waals surface area contributed by atoms with Gasteiger partial charge < -0.3 is 24.4 Å². The van der Waals surface area contributed by atoms with Gasteiger partial charge in [-0.15, -0.1) is 0 Å². The Labute approximate surface area is 132 Å². The van der Waals surface area contributed by atoms with Gasteiger partial charge in [0.25, 0.3) is 0 Å². The van der Waals surface area contributed by atoms with Crippen LogP contribution in [0.15, 0.2) is 36.4 Å². The van der Waals surface area contributed by atoms with Crippen molar-refractivity contribution < 1.29 is 29.2 Å². The molecular weight excluding hydrogens is 300 g/mol. The fraction of sp³-hybridized carbons (Fsp3) is 0.235. The van der Waals surface area contributed by atoms with Gasteiger partial charge in [0.05, 0.1) is 14.2 Å². The number of phenols is 1. The zero-order valence-electron chi connectivity index (χ0n) is 12.6. The first-order valence-electron chi connectivity index (χ1n) is 6.99. The van der Waals surface area contributed by atoms with Crippen LogP contribution in [0, 0.1) is 0 Å². The molecule has 0 bridgehead atoms. The highest BCUT2D eigenvalue weighted by molar-refractivity contribution is 6.05. The lowest BCUT2D eigenvalue weighted by atomic mass is 9.93. The van der Waals surface area contributed by atoms with Crippen molar-refractivity contribution in [3.63, 3.8) is 0 Å². The van der Waals surface area contributed by atoms with E-state index in [9.17, 15) is 15.0 Å². The summed E-state index contributed by atoms with van der Waals surface area (Å²) in [5.41, 5.74) is 0.586. The van der Waals surface area contributed by atoms with Crippen molar-refractivity contribution in [3.8, 4) is 23.0 Å². The zero-order valence-corrected chi connectivity index (χ0v) is 12.6. The van der Waals surface area contributed by atoms with Crippen LogP contribution in [0.25, 0.3) is 0 Å². The van der Waals surface area contributed by atoms with Crippen molar-refractivity contribution in [2.75, 3.05) is 14.2 Å². The van der Waals surface area contributed by atoms with Crippen molar-refractivity contribution in [1.29, 1.82) is 0 Å². The third kappa shape index (κ3) is 2.57. The number of carbonyl (C=O) groups excluding carboxylic acids is 1. The van der Waals surface area contributed by atoms with E-state index in [0.717, 1.165) is 0 Å². The van der Waals surface area contributed by atoms with Gasteiger partial charge in [0.15, 0.2) is 12.2 Å². The normalized spacial score (nSPS) is 19.7. The average molecular weight is 316 g/mol. The number of hydrogen-bond acceptors (Lipinski definition) is 6. The van der Waals surface area contributed by atoms with Crippen LogP contribution >= 0.6 is 0 Å². The Hall–Kier alpha value is -2.73. The maximum absolute atomic E-state index is 12.4. The number of ether oxygens (including phenoxy) is 3. The summed E-state index contributed by atoms with van der Waals surface area (Å²) in [5, 5.41) is 20.2. The van der Waals surface area contributed by atoms with E-state index in [4.69, 9.17) is 14.2 Å². The molecule has 1 heterocycles. The molecule has 0 spiro atoms. The van der Waals surface area contributed by atoms with Gasteiger partial charge in [-0.1, -0.05) is 12.1 Å². The molecule has 0 saturated heterocycles. The highest BCUT2D eigenvalue weighted by Crippen LogP contribution is 2.42. The standard InChI is InChI=1S/C17H16O6/c1-21-10-5-3-9(4-6-10)17-16(20)15(19)14-12(18)7-11(22-2)8-13(14)23-17/h3-8,16-18,20H,1-2H3/t16-,17+/m1/s1. The topological polar surface area (TPSA) is 85.2 Å². The Morgan fingerprint density at radius 2 is 1.70 bits per heavy atom. The minimum Gasteiger partial charge on any atom is -0.507 e. The SMILES string of the molecule is COc1ccc([C@@H]2Oc3cc(OC)cc(O)c3C(=O)[C@H]2O)cc1. The first-order valence-corrected chi connectivity index (χ1v) is 6.99. The fourth-order valence-electron chi connectivity index (χ4n) is 2.57. The summed E-state index contributed by atoms with van der Waals surface area (Å²) in [4.78, 5) is 12.4. The minimum absolute atomic E-state index is 0.0388. The van der Waals surface area contributed by atoms with Crippen LogP contribution in [0.5, 0.6) is 23.0 Å². The fourth-order valence-corrected chi connectivity index (χ4v) is 2.57. The molecule has 0 aromatic heterocycles. The van der Waals surface area contributed by atoms with E-state index in [1.807, 2.05) is 0 Å². The molecule has 6 heteroatoms. The van der Waals surface area contributed by atoms with E-state index in [-0.39, 0.29) is 17.1 Å². The van der Waals surface area contributed by atoms with Gasteiger partial charge in [0.1, 0.15) is 28.6 Å². The predicted molar refractivity (Wildman–Crippen MR) is 81.4 cm³/mol. The molecule has 2 atom stereocenters. The van der Waals surface area contributed by atoms with Crippen molar-refractivity contribution in [2.24, 2.45) is 0 Å². The molecule has 0 amide bonds. The van der Waals surface area contributed by atoms with Crippen molar-refractivity contribution in [2.45, 2.75) is 12.2 Å². The van der Waals surface area contributed by atoms with E-state index >= 15 is 0 Å². The molecule has 23 heavy (non-hydrogen) atoms. The molecule has 1 aliphatic rings. The first-order chi connectivity index (χ1) is 11.0. The lowest BCUT2D eigenvalue weighted by Gasteiger charge is -2.30. The maximum Gasteiger partial charge on any atom is 0.202 e. The van der Waals surface area contributed by atoms with Crippen LogP contribution in [0.4, 0.5) is 0 Å². The number of carbonyl (C=O) groups is 1. The number of rotatable bonds is 3. The Balaban J connectivity index is 2.02. The lowest BCUT2D eigenvalue weighted by molar-refractivity contribution is 0.0210. The van der Waals surface area contributed by atoms with E-state index in [1.54, 1.807) is 31.4 Å². The van der Waals surface area contributed by atoms with Crippen LogP contribution in [0.1, 0.15) is 22.0 Å². The first kappa shape index (κ1) is 15.2. The molecule has 0 unspecified atom stereocenters. The smallest absolute Gasteiger partial charge is 0.202 e. The molecular formula is C17H16O6. The predicted octanol–water partition coefficient (Wildman–Crippen LogP) is 2.09. The summed E-state index contributed by atoms with van der Waals surface area (Å²) in [5.74, 6) is 0.325. The number of ketones is 1. The number of phenolic OH excluding ortho intramolecular Hbond substituents is 1. The molecule has 2 N–H and O–H groups in total. The number of benzene rings is 2. The lowest BCUT2D eigenvalue weighted by Crippen LogP contribution is -2.36. The second-order valence-electron chi connectivity index (χ2n) is 5.14. The number of hydrogen-bond donors (Lipinski definition) is 2. The van der Waals surface area contributed by atoms with Crippen molar-refractivity contribution in [1.82, 2.24) is 0 Å². The molecule has 1 aliphatic heterocycles. The number of Topliss-reactive ketones (excluding diaryl/α,β-unsaturated/α-hetero) is 1. The van der Waals surface area contributed by atoms with Gasteiger partial charge >= 0.3 is 0 Å². The monoisotopic (exact) mass is 316 g/mol. The van der Waals surface area contributed by atoms with E-state index < -0.39 is 18.0 Å². The van der Waals surface area contributed by atoms with Crippen LogP contribution in [-0.2, 0) is 0 Å². The average Bonchev–Trinajstić information content (AvgIpc) is 2.57. The maximum atomic E-state index is 12.4. The number of aliphatic hydroxyl groups excluding tert-OH is 1. The molecule has 0 aliphatic carbocycles. The van der Waals surface area contributed by atoms with Gasteiger partial charge in [-0.25, -0.2) is 0 Å². The van der Waals surface area contributed by atoms with E-state index in [0.29, 0.717) is 17.1 Å². The summed E-state index contributed by atoms with van der Waals surface area (Å²) >= 11 is 0. The zero-order chi connectivity index (χ0) is 16.6. The van der Waals surface area contributed by atoms with Crippen molar-refractivity contribution in [3.05, 3.63) is 47.5 Å². The van der Waals surface area contributed by atoms with Gasteiger partial charge in [0, 0.05) is 12.1 Å². The Morgan fingerprint density at radius 1 is 1.04 bits per heavy atom. The quantitative estimate of drug-likeness (QED) is 0.902. The second kappa shape index (κ2) is 5.81. The Bertz CT molecular complexity index is 737. The molecule has 3 rings (SSSR count). The van der Waals surface area contributed by atoms with Crippen LogP contribution in [-0.4, -0.2) is 36.3 Å². The largest absolute Gasteiger partial charge is 0.507 e.